The van der Waals surface area contributed by atoms with Gasteiger partial charge in [0.15, 0.2) is 10.1 Å². The van der Waals surface area contributed by atoms with Crippen molar-refractivity contribution in [3.8, 4) is 0 Å². The molecule has 4 nitrogen and oxygen atoms in total. The van der Waals surface area contributed by atoms with Crippen molar-refractivity contribution in [2.24, 2.45) is 0 Å². The third-order valence-electron chi connectivity index (χ3n) is 3.29. The Morgan fingerprint density at radius 3 is 1.96 bits per heavy atom. The fraction of sp³-hybridized carbons (Fsp3) is 0.188. The molecule has 0 saturated carbocycles. The highest BCUT2D eigenvalue weighted by atomic mass is 35.5. The van der Waals surface area contributed by atoms with Gasteiger partial charge in [0.25, 0.3) is 0 Å². The summed E-state index contributed by atoms with van der Waals surface area (Å²) in [7, 11) is -3.90. The predicted molar refractivity (Wildman–Crippen MR) is 91.1 cm³/mol. The van der Waals surface area contributed by atoms with Gasteiger partial charge in [-0.05, 0) is 24.6 Å². The number of sulfonamides is 1. The molecule has 1 N–H and O–H groups in total. The number of nitrogens with one attached hydrogen (secondary N) is 1. The van der Waals surface area contributed by atoms with Gasteiger partial charge in [-0.2, -0.15) is 0 Å². The fourth-order valence-corrected chi connectivity index (χ4v) is 3.79. The topological polar surface area (TPSA) is 63.2 Å². The van der Waals surface area contributed by atoms with E-state index in [1.807, 2.05) is 0 Å². The van der Waals surface area contributed by atoms with Gasteiger partial charge in [-0.25, -0.2) is 13.1 Å². The molecule has 23 heavy (non-hydrogen) atoms. The van der Waals surface area contributed by atoms with Crippen LogP contribution in [0.5, 0.6) is 0 Å². The molecule has 7 heteroatoms. The molecule has 1 unspecified atom stereocenters. The van der Waals surface area contributed by atoms with Crippen molar-refractivity contribution in [2.45, 2.75) is 22.2 Å². The van der Waals surface area contributed by atoms with Crippen LogP contribution in [0.1, 0.15) is 18.5 Å². The summed E-state index contributed by atoms with van der Waals surface area (Å²) in [5.41, 5.74) is 0.493. The minimum atomic E-state index is -3.90. The Bertz CT molecular complexity index is 777. The second-order valence-electron chi connectivity index (χ2n) is 4.96. The van der Waals surface area contributed by atoms with Crippen LogP contribution in [0.3, 0.4) is 0 Å². The molecule has 1 atom stereocenters. The van der Waals surface area contributed by atoms with E-state index in [1.54, 1.807) is 48.5 Å². The smallest absolute Gasteiger partial charge is 0.241 e. The Kier molecular flexibility index (Phi) is 5.47. The molecule has 0 spiro atoms. The normalized spacial score (nSPS) is 13.5. The average Bonchev–Trinajstić information content (AvgIpc) is 2.54. The minimum Gasteiger partial charge on any atom is -0.297 e. The second-order valence-corrected chi connectivity index (χ2v) is 8.06. The molecular weight excluding hydrogens is 357 g/mol. The van der Waals surface area contributed by atoms with E-state index in [2.05, 4.69) is 4.72 Å². The summed E-state index contributed by atoms with van der Waals surface area (Å²) in [6, 6.07) is 15.2. The standard InChI is InChI=1S/C16H15Cl2NO3S/c1-12(20)16(17,18)15(13-8-4-2-5-9-13)19-23(21,22)14-10-6-3-7-11-14/h2-11,15,19H,1H3. The molecule has 0 amide bonds. The number of carbonyl (C=O) groups excluding carboxylic acids is 1. The summed E-state index contributed by atoms with van der Waals surface area (Å²) in [5.74, 6) is -0.551. The first-order valence-electron chi connectivity index (χ1n) is 6.76. The number of hydrogen-bond donors (Lipinski definition) is 1. The third kappa shape index (κ3) is 4.12. The molecule has 0 aromatic heterocycles. The van der Waals surface area contributed by atoms with E-state index in [0.29, 0.717) is 5.56 Å². The van der Waals surface area contributed by atoms with Crippen molar-refractivity contribution >= 4 is 39.0 Å². The lowest BCUT2D eigenvalue weighted by atomic mass is 10.0. The highest BCUT2D eigenvalue weighted by Gasteiger charge is 2.43. The molecule has 0 fully saturated rings. The monoisotopic (exact) mass is 371 g/mol. The van der Waals surface area contributed by atoms with Gasteiger partial charge in [-0.3, -0.25) is 4.79 Å². The zero-order valence-corrected chi connectivity index (χ0v) is 14.6. The fourth-order valence-electron chi connectivity index (χ4n) is 2.02. The third-order valence-corrected chi connectivity index (χ3v) is 5.70. The lowest BCUT2D eigenvalue weighted by Gasteiger charge is -2.28. The van der Waals surface area contributed by atoms with Gasteiger partial charge in [-0.15, -0.1) is 0 Å². The predicted octanol–water partition coefficient (Wildman–Crippen LogP) is 3.47. The quantitative estimate of drug-likeness (QED) is 0.790. The number of hydrogen-bond acceptors (Lipinski definition) is 3. The molecule has 2 rings (SSSR count). The van der Waals surface area contributed by atoms with Crippen molar-refractivity contribution in [2.75, 3.05) is 0 Å². The number of benzene rings is 2. The molecule has 0 bridgehead atoms. The maximum Gasteiger partial charge on any atom is 0.241 e. The number of Topliss-reactive ketones (excluding diaryl/α,β-unsaturated/α-hetero) is 1. The van der Waals surface area contributed by atoms with Crippen LogP contribution < -0.4 is 4.72 Å². The van der Waals surface area contributed by atoms with Gasteiger partial charge in [0.05, 0.1) is 10.9 Å². The number of ketones is 1. The van der Waals surface area contributed by atoms with E-state index < -0.39 is 26.2 Å². The highest BCUT2D eigenvalue weighted by Crippen LogP contribution is 2.38. The van der Waals surface area contributed by atoms with Crippen molar-refractivity contribution in [3.63, 3.8) is 0 Å². The summed E-state index contributed by atoms with van der Waals surface area (Å²) < 4.78 is 25.6. The molecule has 122 valence electrons. The second kappa shape index (κ2) is 7.01. The first-order chi connectivity index (χ1) is 10.7. The van der Waals surface area contributed by atoms with Crippen LogP contribution >= 0.6 is 23.2 Å². The molecule has 2 aromatic carbocycles. The first kappa shape index (κ1) is 17.9. The van der Waals surface area contributed by atoms with Gasteiger partial charge >= 0.3 is 0 Å². The average molecular weight is 372 g/mol. The van der Waals surface area contributed by atoms with Gasteiger partial charge < -0.3 is 0 Å². The van der Waals surface area contributed by atoms with Gasteiger partial charge in [0, 0.05) is 0 Å². The van der Waals surface area contributed by atoms with E-state index in [4.69, 9.17) is 23.2 Å². The summed E-state index contributed by atoms with van der Waals surface area (Å²) in [6.07, 6.45) is 0. The minimum absolute atomic E-state index is 0.0635. The number of rotatable bonds is 6. The van der Waals surface area contributed by atoms with Crippen LogP contribution in [0.15, 0.2) is 65.6 Å². The van der Waals surface area contributed by atoms with Crippen molar-refractivity contribution in [3.05, 3.63) is 66.2 Å². The zero-order valence-electron chi connectivity index (χ0n) is 12.2. The van der Waals surface area contributed by atoms with Crippen molar-refractivity contribution in [1.29, 1.82) is 0 Å². The molecule has 2 aromatic rings. The van der Waals surface area contributed by atoms with Crippen LogP contribution in [0, 0.1) is 0 Å². The summed E-state index contributed by atoms with van der Waals surface area (Å²) >= 11 is 12.3. The SMILES string of the molecule is CC(=O)C(Cl)(Cl)C(NS(=O)(=O)c1ccccc1)c1ccccc1. The number of alkyl halides is 2. The highest BCUT2D eigenvalue weighted by molar-refractivity contribution is 7.89. The Balaban J connectivity index is 2.46. The van der Waals surface area contributed by atoms with Crippen LogP contribution in [-0.4, -0.2) is 18.5 Å². The van der Waals surface area contributed by atoms with Crippen LogP contribution in [-0.2, 0) is 14.8 Å². The molecular formula is C16H15Cl2NO3S. The van der Waals surface area contributed by atoms with Crippen molar-refractivity contribution < 1.29 is 13.2 Å². The van der Waals surface area contributed by atoms with E-state index >= 15 is 0 Å². The van der Waals surface area contributed by atoms with E-state index in [0.717, 1.165) is 0 Å². The Hall–Kier alpha value is -1.40. The molecule has 0 aliphatic rings. The maximum atomic E-state index is 12.5. The summed E-state index contributed by atoms with van der Waals surface area (Å²) in [4.78, 5) is 11.9. The Labute approximate surface area is 145 Å². The lowest BCUT2D eigenvalue weighted by molar-refractivity contribution is -0.118. The summed E-state index contributed by atoms with van der Waals surface area (Å²) in [5, 5.41) is 0. The van der Waals surface area contributed by atoms with Gasteiger partial charge in [0.2, 0.25) is 10.0 Å². The van der Waals surface area contributed by atoms with Crippen LogP contribution in [0.4, 0.5) is 0 Å². The van der Waals surface area contributed by atoms with Crippen molar-refractivity contribution in [1.82, 2.24) is 4.72 Å². The van der Waals surface area contributed by atoms with E-state index in [-0.39, 0.29) is 4.90 Å². The number of halogens is 2. The first-order valence-corrected chi connectivity index (χ1v) is 9.00. The molecule has 0 radical (unpaired) electrons. The molecule has 0 aliphatic carbocycles. The van der Waals surface area contributed by atoms with Gasteiger partial charge in [0.1, 0.15) is 0 Å². The maximum absolute atomic E-state index is 12.5. The Morgan fingerprint density at radius 1 is 1.00 bits per heavy atom. The van der Waals surface area contributed by atoms with E-state index in [1.165, 1.54) is 19.1 Å². The number of carbonyl (C=O) groups is 1. The lowest BCUT2D eigenvalue weighted by Crippen LogP contribution is -2.43. The van der Waals surface area contributed by atoms with Crippen LogP contribution in [0.2, 0.25) is 0 Å². The molecule has 0 saturated heterocycles. The van der Waals surface area contributed by atoms with Gasteiger partial charge in [-0.1, -0.05) is 71.7 Å². The van der Waals surface area contributed by atoms with Crippen LogP contribution in [0.25, 0.3) is 0 Å². The Morgan fingerprint density at radius 2 is 1.48 bits per heavy atom. The molecule has 0 aliphatic heterocycles. The van der Waals surface area contributed by atoms with E-state index in [9.17, 15) is 13.2 Å². The zero-order chi connectivity index (χ0) is 17.1. The largest absolute Gasteiger partial charge is 0.297 e. The molecule has 0 heterocycles. The summed E-state index contributed by atoms with van der Waals surface area (Å²) in [6.45, 7) is 1.22.